The standard InChI is InChI=1S/C11H16ClN/c1-2-3-6-10(12)9-11-7-4-5-8-13-11/h4-5,7-8,10H,2-3,6,9H2,1H3. The van der Waals surface area contributed by atoms with Gasteiger partial charge in [0, 0.05) is 23.7 Å². The van der Waals surface area contributed by atoms with E-state index in [1.165, 1.54) is 12.8 Å². The van der Waals surface area contributed by atoms with Gasteiger partial charge in [-0.05, 0) is 18.6 Å². The third-order valence-electron chi connectivity index (χ3n) is 2.03. The van der Waals surface area contributed by atoms with E-state index in [1.807, 2.05) is 24.4 Å². The Morgan fingerprint density at radius 3 is 2.92 bits per heavy atom. The minimum Gasteiger partial charge on any atom is -0.261 e. The number of nitrogens with zero attached hydrogens (tertiary/aromatic N) is 1. The molecule has 0 amide bonds. The molecule has 1 aromatic rings. The summed E-state index contributed by atoms with van der Waals surface area (Å²) in [7, 11) is 0. The molecule has 0 aliphatic heterocycles. The van der Waals surface area contributed by atoms with Crippen LogP contribution >= 0.6 is 11.6 Å². The number of hydrogen-bond acceptors (Lipinski definition) is 1. The molecule has 0 aliphatic rings. The minimum absolute atomic E-state index is 0.245. The van der Waals surface area contributed by atoms with E-state index in [0.29, 0.717) is 0 Å². The molecule has 0 saturated heterocycles. The van der Waals surface area contributed by atoms with E-state index < -0.39 is 0 Å². The Hall–Kier alpha value is -0.560. The lowest BCUT2D eigenvalue weighted by atomic mass is 10.1. The van der Waals surface area contributed by atoms with Crippen molar-refractivity contribution in [2.45, 2.75) is 38.0 Å². The van der Waals surface area contributed by atoms with Crippen LogP contribution in [0.25, 0.3) is 0 Å². The third-order valence-corrected chi connectivity index (χ3v) is 2.40. The molecule has 0 fully saturated rings. The van der Waals surface area contributed by atoms with Crippen LogP contribution in [0.1, 0.15) is 31.9 Å². The number of hydrogen-bond donors (Lipinski definition) is 0. The van der Waals surface area contributed by atoms with Crippen LogP contribution in [0.4, 0.5) is 0 Å². The predicted octanol–water partition coefficient (Wildman–Crippen LogP) is 3.42. The maximum absolute atomic E-state index is 6.15. The van der Waals surface area contributed by atoms with Crippen LogP contribution in [0.15, 0.2) is 24.4 Å². The lowest BCUT2D eigenvalue weighted by Crippen LogP contribution is -2.04. The van der Waals surface area contributed by atoms with Crippen molar-refractivity contribution in [2.75, 3.05) is 0 Å². The fourth-order valence-electron chi connectivity index (χ4n) is 1.27. The predicted molar refractivity (Wildman–Crippen MR) is 57.1 cm³/mol. The second kappa shape index (κ2) is 5.98. The summed E-state index contributed by atoms with van der Waals surface area (Å²) in [5.41, 5.74) is 1.10. The fourth-order valence-corrected chi connectivity index (χ4v) is 1.59. The Bertz CT molecular complexity index is 223. The van der Waals surface area contributed by atoms with E-state index >= 15 is 0 Å². The molecule has 1 aromatic heterocycles. The van der Waals surface area contributed by atoms with Crippen molar-refractivity contribution in [3.05, 3.63) is 30.1 Å². The van der Waals surface area contributed by atoms with E-state index in [0.717, 1.165) is 18.5 Å². The van der Waals surface area contributed by atoms with Gasteiger partial charge in [0.2, 0.25) is 0 Å². The quantitative estimate of drug-likeness (QED) is 0.660. The van der Waals surface area contributed by atoms with Crippen LogP contribution in [0.5, 0.6) is 0 Å². The Morgan fingerprint density at radius 2 is 2.31 bits per heavy atom. The third kappa shape index (κ3) is 4.28. The summed E-state index contributed by atoms with van der Waals surface area (Å²) in [5.74, 6) is 0. The number of aromatic nitrogens is 1. The largest absolute Gasteiger partial charge is 0.261 e. The van der Waals surface area contributed by atoms with E-state index in [-0.39, 0.29) is 5.38 Å². The second-order valence-corrected chi connectivity index (χ2v) is 3.88. The molecule has 72 valence electrons. The first-order chi connectivity index (χ1) is 6.33. The molecule has 1 unspecified atom stereocenters. The number of rotatable bonds is 5. The van der Waals surface area contributed by atoms with Gasteiger partial charge in [0.05, 0.1) is 0 Å². The lowest BCUT2D eigenvalue weighted by molar-refractivity contribution is 0.668. The molecule has 0 N–H and O–H groups in total. The van der Waals surface area contributed by atoms with Gasteiger partial charge in [0.25, 0.3) is 0 Å². The molecule has 1 rings (SSSR count). The van der Waals surface area contributed by atoms with Crippen molar-refractivity contribution < 1.29 is 0 Å². The zero-order valence-corrected chi connectivity index (χ0v) is 8.80. The van der Waals surface area contributed by atoms with Gasteiger partial charge in [-0.15, -0.1) is 11.6 Å². The molecular weight excluding hydrogens is 182 g/mol. The normalized spacial score (nSPS) is 12.8. The van der Waals surface area contributed by atoms with Crippen molar-refractivity contribution in [1.29, 1.82) is 0 Å². The maximum atomic E-state index is 6.15. The van der Waals surface area contributed by atoms with Gasteiger partial charge in [-0.2, -0.15) is 0 Å². The lowest BCUT2D eigenvalue weighted by Gasteiger charge is -2.07. The topological polar surface area (TPSA) is 12.9 Å². The molecule has 13 heavy (non-hydrogen) atoms. The maximum Gasteiger partial charge on any atom is 0.0418 e. The summed E-state index contributed by atoms with van der Waals surface area (Å²) in [6.07, 6.45) is 6.22. The molecule has 1 atom stereocenters. The minimum atomic E-state index is 0.245. The van der Waals surface area contributed by atoms with Crippen LogP contribution < -0.4 is 0 Å². The fraction of sp³-hybridized carbons (Fsp3) is 0.545. The van der Waals surface area contributed by atoms with E-state index in [1.54, 1.807) is 0 Å². The Kier molecular flexibility index (Phi) is 4.84. The zero-order valence-electron chi connectivity index (χ0n) is 8.04. The van der Waals surface area contributed by atoms with Gasteiger partial charge >= 0.3 is 0 Å². The molecule has 0 radical (unpaired) electrons. The van der Waals surface area contributed by atoms with Gasteiger partial charge in [-0.1, -0.05) is 25.8 Å². The van der Waals surface area contributed by atoms with Gasteiger partial charge in [-0.25, -0.2) is 0 Å². The van der Waals surface area contributed by atoms with Crippen molar-refractivity contribution in [3.8, 4) is 0 Å². The SMILES string of the molecule is CCCCC(Cl)Cc1ccccn1. The molecule has 0 spiro atoms. The van der Waals surface area contributed by atoms with Crippen LogP contribution in [0.2, 0.25) is 0 Å². The Balaban J connectivity index is 2.32. The van der Waals surface area contributed by atoms with Gasteiger partial charge in [0.15, 0.2) is 0 Å². The molecule has 1 nitrogen and oxygen atoms in total. The highest BCUT2D eigenvalue weighted by Crippen LogP contribution is 2.12. The van der Waals surface area contributed by atoms with E-state index in [2.05, 4.69) is 11.9 Å². The first-order valence-corrected chi connectivity index (χ1v) is 5.30. The molecule has 0 bridgehead atoms. The molecule has 0 saturated carbocycles. The Labute approximate surface area is 85.1 Å². The van der Waals surface area contributed by atoms with E-state index in [4.69, 9.17) is 11.6 Å². The van der Waals surface area contributed by atoms with Crippen molar-refractivity contribution in [2.24, 2.45) is 0 Å². The van der Waals surface area contributed by atoms with Gasteiger partial charge in [-0.3, -0.25) is 4.98 Å². The highest BCUT2D eigenvalue weighted by molar-refractivity contribution is 6.20. The Morgan fingerprint density at radius 1 is 1.46 bits per heavy atom. The number of unbranched alkanes of at least 4 members (excludes halogenated alkanes) is 1. The zero-order chi connectivity index (χ0) is 9.52. The number of pyridine rings is 1. The highest BCUT2D eigenvalue weighted by atomic mass is 35.5. The van der Waals surface area contributed by atoms with Crippen LogP contribution in [-0.2, 0) is 6.42 Å². The smallest absolute Gasteiger partial charge is 0.0418 e. The van der Waals surface area contributed by atoms with Crippen LogP contribution in [-0.4, -0.2) is 10.4 Å². The number of alkyl halides is 1. The number of halogens is 1. The summed E-state index contributed by atoms with van der Waals surface area (Å²) < 4.78 is 0. The first-order valence-electron chi connectivity index (χ1n) is 4.87. The molecule has 2 heteroatoms. The van der Waals surface area contributed by atoms with Crippen molar-refractivity contribution >= 4 is 11.6 Å². The van der Waals surface area contributed by atoms with Gasteiger partial charge in [0.1, 0.15) is 0 Å². The van der Waals surface area contributed by atoms with Crippen molar-refractivity contribution in [1.82, 2.24) is 4.98 Å². The first kappa shape index (κ1) is 10.5. The summed E-state index contributed by atoms with van der Waals surface area (Å²) in [6.45, 7) is 2.18. The van der Waals surface area contributed by atoms with Gasteiger partial charge < -0.3 is 0 Å². The summed E-state index contributed by atoms with van der Waals surface area (Å²) in [5, 5.41) is 0.245. The average molecular weight is 198 g/mol. The molecular formula is C11H16ClN. The average Bonchev–Trinajstić information content (AvgIpc) is 2.16. The monoisotopic (exact) mass is 197 g/mol. The molecule has 1 heterocycles. The summed E-state index contributed by atoms with van der Waals surface area (Å²) >= 11 is 6.15. The van der Waals surface area contributed by atoms with E-state index in [9.17, 15) is 0 Å². The molecule has 0 aromatic carbocycles. The summed E-state index contributed by atoms with van der Waals surface area (Å²) in [4.78, 5) is 4.24. The van der Waals surface area contributed by atoms with Crippen LogP contribution in [0.3, 0.4) is 0 Å². The highest BCUT2D eigenvalue weighted by Gasteiger charge is 2.05. The second-order valence-electron chi connectivity index (χ2n) is 3.26. The molecule has 0 aliphatic carbocycles. The van der Waals surface area contributed by atoms with Crippen molar-refractivity contribution in [3.63, 3.8) is 0 Å². The van der Waals surface area contributed by atoms with Crippen LogP contribution in [0, 0.1) is 0 Å². The summed E-state index contributed by atoms with van der Waals surface area (Å²) in [6, 6.07) is 5.96.